The summed E-state index contributed by atoms with van der Waals surface area (Å²) >= 11 is 4.82. The van der Waals surface area contributed by atoms with Crippen molar-refractivity contribution in [1.29, 1.82) is 5.26 Å². The van der Waals surface area contributed by atoms with Gasteiger partial charge in [0.25, 0.3) is 5.56 Å². The summed E-state index contributed by atoms with van der Waals surface area (Å²) < 4.78 is 31.2. The van der Waals surface area contributed by atoms with Crippen molar-refractivity contribution in [2.75, 3.05) is 26.9 Å². The van der Waals surface area contributed by atoms with E-state index in [1.54, 1.807) is 42.5 Å². The van der Waals surface area contributed by atoms with Gasteiger partial charge in [-0.25, -0.2) is 9.79 Å². The maximum absolute atomic E-state index is 14.1. The number of hydrogen-bond donors (Lipinski definition) is 0. The van der Waals surface area contributed by atoms with E-state index in [1.807, 2.05) is 39.0 Å². The van der Waals surface area contributed by atoms with Gasteiger partial charge in [0.15, 0.2) is 27.8 Å². The number of thiazole rings is 1. The van der Waals surface area contributed by atoms with Crippen LogP contribution in [0, 0.1) is 11.3 Å². The number of esters is 1. The lowest BCUT2D eigenvalue weighted by Crippen LogP contribution is -2.39. The number of ether oxygens (including phenoxy) is 5. The molecule has 0 aliphatic carbocycles. The zero-order valence-electron chi connectivity index (χ0n) is 26.2. The Hall–Kier alpha value is -4.86. The van der Waals surface area contributed by atoms with Crippen LogP contribution in [0.3, 0.4) is 0 Å². The molecule has 0 N–H and O–H groups in total. The predicted molar refractivity (Wildman–Crippen MR) is 181 cm³/mol. The monoisotopic (exact) mass is 717 g/mol. The van der Waals surface area contributed by atoms with E-state index in [0.717, 1.165) is 5.56 Å². The highest BCUT2D eigenvalue weighted by atomic mass is 79.9. The number of carbonyl (C=O) groups is 1. The Kier molecular flexibility index (Phi) is 10.8. The Morgan fingerprint density at radius 2 is 1.68 bits per heavy atom. The second-order valence-corrected chi connectivity index (χ2v) is 12.0. The number of methoxy groups -OCH3 is 1. The van der Waals surface area contributed by atoms with Gasteiger partial charge >= 0.3 is 5.97 Å². The molecule has 0 unspecified atom stereocenters. The van der Waals surface area contributed by atoms with E-state index >= 15 is 0 Å². The molecule has 2 heterocycles. The van der Waals surface area contributed by atoms with Crippen LogP contribution in [0.2, 0.25) is 0 Å². The Morgan fingerprint density at radius 1 is 0.979 bits per heavy atom. The fourth-order valence-corrected chi connectivity index (χ4v) is 6.59. The van der Waals surface area contributed by atoms with Gasteiger partial charge in [-0.3, -0.25) is 9.36 Å². The number of rotatable bonds is 12. The molecule has 12 heteroatoms. The summed E-state index contributed by atoms with van der Waals surface area (Å²) in [6, 6.07) is 17.5. The summed E-state index contributed by atoms with van der Waals surface area (Å²) in [6.45, 7) is 7.15. The summed E-state index contributed by atoms with van der Waals surface area (Å²) in [4.78, 5) is 31.9. The summed E-state index contributed by atoms with van der Waals surface area (Å²) in [5.41, 5.74) is 2.69. The van der Waals surface area contributed by atoms with Crippen LogP contribution in [0.1, 0.15) is 49.1 Å². The third-order valence-electron chi connectivity index (χ3n) is 7.10. The van der Waals surface area contributed by atoms with Crippen molar-refractivity contribution < 1.29 is 28.5 Å². The lowest BCUT2D eigenvalue weighted by Gasteiger charge is -2.23. The highest BCUT2D eigenvalue weighted by molar-refractivity contribution is 9.10. The molecule has 0 amide bonds. The van der Waals surface area contributed by atoms with Crippen LogP contribution in [0.5, 0.6) is 23.0 Å². The van der Waals surface area contributed by atoms with Crippen LogP contribution in [0.15, 0.2) is 80.6 Å². The first-order valence-electron chi connectivity index (χ1n) is 14.9. The first-order chi connectivity index (χ1) is 22.8. The molecule has 0 saturated heterocycles. The molecule has 0 bridgehead atoms. The van der Waals surface area contributed by atoms with Gasteiger partial charge < -0.3 is 23.7 Å². The van der Waals surface area contributed by atoms with Crippen molar-refractivity contribution in [3.8, 4) is 29.1 Å². The van der Waals surface area contributed by atoms with Gasteiger partial charge in [0.05, 0.1) is 59.2 Å². The molecule has 1 aliphatic rings. The molecule has 10 nitrogen and oxygen atoms in total. The Labute approximate surface area is 283 Å². The zero-order valence-corrected chi connectivity index (χ0v) is 28.6. The van der Waals surface area contributed by atoms with Crippen LogP contribution >= 0.6 is 27.3 Å². The predicted octanol–water partition coefficient (Wildman–Crippen LogP) is 5.43. The van der Waals surface area contributed by atoms with Crippen LogP contribution in [-0.4, -0.2) is 37.5 Å². The van der Waals surface area contributed by atoms with Gasteiger partial charge in [-0.1, -0.05) is 29.5 Å². The number of nitriles is 1. The molecular formula is C35H32BrN3O7S. The minimum Gasteiger partial charge on any atom is -0.490 e. The van der Waals surface area contributed by atoms with Crippen molar-refractivity contribution in [1.82, 2.24) is 4.57 Å². The molecule has 1 atom stereocenters. The molecule has 5 rings (SSSR count). The van der Waals surface area contributed by atoms with Gasteiger partial charge in [-0.2, -0.15) is 5.26 Å². The van der Waals surface area contributed by atoms with Crippen molar-refractivity contribution in [3.63, 3.8) is 0 Å². The standard InChI is InChI=1S/C35H32BrN3O7S/c1-5-43-27-13-12-24(17-28(27)44-6-2)31-25(34(41)42-4)19-38-35-39(31)33(40)30(47-35)16-23-14-26(36)32(29(15-23)45-7-3)46-20-22-10-8-21(18-37)9-11-22/h8-17,19,31H,5-7,20H2,1-4H3/b30-16+/t31-/m1/s1. The minimum absolute atomic E-state index is 0.211. The first-order valence-corrected chi connectivity index (χ1v) is 16.5. The highest BCUT2D eigenvalue weighted by Crippen LogP contribution is 2.38. The number of halogens is 1. The largest absolute Gasteiger partial charge is 0.490 e. The van der Waals surface area contributed by atoms with E-state index < -0.39 is 12.0 Å². The van der Waals surface area contributed by atoms with Crippen LogP contribution in [0.4, 0.5) is 0 Å². The topological polar surface area (TPSA) is 121 Å². The lowest BCUT2D eigenvalue weighted by atomic mass is 9.97. The second kappa shape index (κ2) is 15.2. The van der Waals surface area contributed by atoms with E-state index in [4.69, 9.17) is 28.9 Å². The Balaban J connectivity index is 1.56. The third-order valence-corrected chi connectivity index (χ3v) is 8.69. The van der Waals surface area contributed by atoms with E-state index in [0.29, 0.717) is 73.3 Å². The normalized spacial score (nSPS) is 13.9. The first kappa shape index (κ1) is 33.5. The average Bonchev–Trinajstić information content (AvgIpc) is 3.39. The Morgan fingerprint density at radius 3 is 2.36 bits per heavy atom. The van der Waals surface area contributed by atoms with E-state index in [-0.39, 0.29) is 17.7 Å². The third kappa shape index (κ3) is 7.26. The summed E-state index contributed by atoms with van der Waals surface area (Å²) in [5, 5.41) is 9.07. The molecule has 47 heavy (non-hydrogen) atoms. The highest BCUT2D eigenvalue weighted by Gasteiger charge is 2.31. The molecular weight excluding hydrogens is 686 g/mol. The molecule has 242 valence electrons. The quantitative estimate of drug-likeness (QED) is 0.178. The van der Waals surface area contributed by atoms with Crippen molar-refractivity contribution in [2.45, 2.75) is 33.4 Å². The maximum atomic E-state index is 14.1. The van der Waals surface area contributed by atoms with E-state index in [1.165, 1.54) is 29.2 Å². The van der Waals surface area contributed by atoms with Crippen molar-refractivity contribution in [2.24, 2.45) is 4.99 Å². The van der Waals surface area contributed by atoms with Gasteiger partial charge in [-0.05, 0) is 95.9 Å². The van der Waals surface area contributed by atoms with Crippen molar-refractivity contribution in [3.05, 3.63) is 113 Å². The van der Waals surface area contributed by atoms with Gasteiger partial charge in [-0.15, -0.1) is 0 Å². The number of hydrogen-bond acceptors (Lipinski definition) is 10. The minimum atomic E-state index is -0.806. The summed E-state index contributed by atoms with van der Waals surface area (Å²) in [6.07, 6.45) is 3.20. The number of nitrogens with zero attached hydrogens (tertiary/aromatic N) is 3. The second-order valence-electron chi connectivity index (χ2n) is 10.1. The molecule has 0 spiro atoms. The molecule has 0 saturated carbocycles. The van der Waals surface area contributed by atoms with Gasteiger partial charge in [0.2, 0.25) is 0 Å². The zero-order chi connectivity index (χ0) is 33.5. The number of aromatic nitrogens is 1. The fourth-order valence-electron chi connectivity index (χ4n) is 5.04. The lowest BCUT2D eigenvalue weighted by molar-refractivity contribution is -0.136. The van der Waals surface area contributed by atoms with E-state index in [2.05, 4.69) is 27.0 Å². The maximum Gasteiger partial charge on any atom is 0.337 e. The fraction of sp³-hybridized carbons (Fsp3) is 0.257. The van der Waals surface area contributed by atoms with Crippen LogP contribution in [-0.2, 0) is 16.1 Å². The molecule has 0 radical (unpaired) electrons. The molecule has 4 aromatic rings. The summed E-state index contributed by atoms with van der Waals surface area (Å²) in [7, 11) is 1.29. The average molecular weight is 719 g/mol. The van der Waals surface area contributed by atoms with E-state index in [9.17, 15) is 9.59 Å². The molecule has 0 fully saturated rings. The molecule has 1 aliphatic heterocycles. The molecule has 3 aromatic carbocycles. The molecule has 1 aromatic heterocycles. The number of fused-ring (bicyclic) bond motifs is 1. The number of benzene rings is 3. The van der Waals surface area contributed by atoms with Crippen molar-refractivity contribution >= 4 is 39.3 Å². The summed E-state index contributed by atoms with van der Waals surface area (Å²) in [5.74, 6) is 1.48. The van der Waals surface area contributed by atoms with Crippen LogP contribution in [0.25, 0.3) is 6.08 Å². The smallest absolute Gasteiger partial charge is 0.337 e. The van der Waals surface area contributed by atoms with Crippen LogP contribution < -0.4 is 33.8 Å². The van der Waals surface area contributed by atoms with Gasteiger partial charge in [0.1, 0.15) is 6.61 Å². The Bertz CT molecular complexity index is 2050. The SMILES string of the molecule is CCOc1ccc([C@@H]2C(C(=O)OC)=CN=c3s/c(=C/c4cc(Br)c(OCc5ccc(C#N)cc5)c(OCC)c4)c(=O)n32)cc1OCC. The van der Waals surface area contributed by atoms with Gasteiger partial charge in [0, 0.05) is 6.20 Å². The number of carbonyl (C=O) groups excluding carboxylic acids is 1.